The molecule has 29 heavy (non-hydrogen) atoms. The Kier molecular flexibility index (Phi) is 6.64. The largest absolute Gasteiger partial charge is 0.387 e. The number of halogens is 2. The van der Waals surface area contributed by atoms with E-state index in [0.717, 1.165) is 23.5 Å². The minimum absolute atomic E-state index is 0.00337. The van der Waals surface area contributed by atoms with Crippen LogP contribution in [-0.4, -0.2) is 23.5 Å². The maximum Gasteiger partial charge on any atom is 0.261 e. The number of benzene rings is 2. The average Bonchev–Trinajstić information content (AvgIpc) is 3.06. The number of rotatable bonds is 6. The predicted molar refractivity (Wildman–Crippen MR) is 112 cm³/mol. The third-order valence-corrected chi connectivity index (χ3v) is 5.64. The Morgan fingerprint density at radius 2 is 1.86 bits per heavy atom. The van der Waals surface area contributed by atoms with Crippen molar-refractivity contribution in [3.8, 4) is 0 Å². The summed E-state index contributed by atoms with van der Waals surface area (Å²) in [5, 5.41) is 16.0. The van der Waals surface area contributed by atoms with E-state index >= 15 is 0 Å². The molecular weight excluding hydrogens is 415 g/mol. The second kappa shape index (κ2) is 9.17. The summed E-state index contributed by atoms with van der Waals surface area (Å²) in [5.41, 5.74) is 1.53. The summed E-state index contributed by atoms with van der Waals surface area (Å²) < 4.78 is 13.1. The van der Waals surface area contributed by atoms with Crippen molar-refractivity contribution in [1.82, 2.24) is 5.32 Å². The fraction of sp³-hybridized carbons (Fsp3) is 0.143. The summed E-state index contributed by atoms with van der Waals surface area (Å²) >= 11 is 7.02. The van der Waals surface area contributed by atoms with E-state index in [-0.39, 0.29) is 23.0 Å². The molecule has 150 valence electrons. The molecule has 1 heterocycles. The van der Waals surface area contributed by atoms with Crippen molar-refractivity contribution in [3.63, 3.8) is 0 Å². The molecule has 2 aromatic carbocycles. The molecule has 3 aromatic rings. The van der Waals surface area contributed by atoms with Crippen LogP contribution in [-0.2, 0) is 0 Å². The van der Waals surface area contributed by atoms with Crippen LogP contribution >= 0.6 is 22.9 Å². The SMILES string of the molecule is Cc1cc(NC(=O)c2ccc(F)cc2Cl)sc1C(=O)NCC(O)c1ccccc1. The van der Waals surface area contributed by atoms with Crippen LogP contribution in [0.15, 0.2) is 54.6 Å². The van der Waals surface area contributed by atoms with Gasteiger partial charge in [-0.3, -0.25) is 9.59 Å². The zero-order chi connectivity index (χ0) is 21.0. The smallest absolute Gasteiger partial charge is 0.261 e. The molecule has 1 unspecified atom stereocenters. The number of amides is 2. The molecule has 0 bridgehead atoms. The van der Waals surface area contributed by atoms with Gasteiger partial charge in [-0.05, 0) is 42.3 Å². The van der Waals surface area contributed by atoms with Crippen LogP contribution in [0.3, 0.4) is 0 Å². The third kappa shape index (κ3) is 5.20. The fourth-order valence-electron chi connectivity index (χ4n) is 2.68. The van der Waals surface area contributed by atoms with Gasteiger partial charge < -0.3 is 15.7 Å². The monoisotopic (exact) mass is 432 g/mol. The first-order chi connectivity index (χ1) is 13.8. The van der Waals surface area contributed by atoms with Crippen LogP contribution in [0.2, 0.25) is 5.02 Å². The third-order valence-electron chi connectivity index (χ3n) is 4.18. The number of carbonyl (C=O) groups excluding carboxylic acids is 2. The lowest BCUT2D eigenvalue weighted by Gasteiger charge is -2.11. The lowest BCUT2D eigenvalue weighted by atomic mass is 10.1. The summed E-state index contributed by atoms with van der Waals surface area (Å²) in [6.07, 6.45) is -0.819. The van der Waals surface area contributed by atoms with Crippen LogP contribution in [0.25, 0.3) is 0 Å². The molecule has 0 aliphatic heterocycles. The molecule has 3 rings (SSSR count). The number of nitrogens with one attached hydrogen (secondary N) is 2. The lowest BCUT2D eigenvalue weighted by molar-refractivity contribution is 0.0919. The van der Waals surface area contributed by atoms with Crippen molar-refractivity contribution in [3.05, 3.63) is 87.0 Å². The van der Waals surface area contributed by atoms with Crippen LogP contribution < -0.4 is 10.6 Å². The summed E-state index contributed by atoms with van der Waals surface area (Å²) in [4.78, 5) is 25.3. The molecule has 0 aliphatic rings. The van der Waals surface area contributed by atoms with Crippen molar-refractivity contribution >= 4 is 39.8 Å². The number of aliphatic hydroxyl groups is 1. The van der Waals surface area contributed by atoms with Crippen LogP contribution in [0.5, 0.6) is 0 Å². The summed E-state index contributed by atoms with van der Waals surface area (Å²) in [5.74, 6) is -1.37. The topological polar surface area (TPSA) is 78.4 Å². The molecule has 0 spiro atoms. The van der Waals surface area contributed by atoms with Gasteiger partial charge in [0.2, 0.25) is 0 Å². The molecule has 8 heteroatoms. The summed E-state index contributed by atoms with van der Waals surface area (Å²) in [6.45, 7) is 1.81. The Balaban J connectivity index is 1.64. The molecule has 0 saturated heterocycles. The zero-order valence-electron chi connectivity index (χ0n) is 15.4. The van der Waals surface area contributed by atoms with Crippen molar-refractivity contribution in [2.24, 2.45) is 0 Å². The molecule has 0 saturated carbocycles. The number of aryl methyl sites for hydroxylation is 1. The van der Waals surface area contributed by atoms with Crippen molar-refractivity contribution in [2.75, 3.05) is 11.9 Å². The molecule has 0 radical (unpaired) electrons. The van der Waals surface area contributed by atoms with Gasteiger partial charge in [-0.25, -0.2) is 4.39 Å². The molecule has 0 aliphatic carbocycles. The van der Waals surface area contributed by atoms with E-state index in [9.17, 15) is 19.1 Å². The maximum absolute atomic E-state index is 13.1. The lowest BCUT2D eigenvalue weighted by Crippen LogP contribution is -2.28. The van der Waals surface area contributed by atoms with Gasteiger partial charge >= 0.3 is 0 Å². The van der Waals surface area contributed by atoms with Crippen LogP contribution in [0, 0.1) is 12.7 Å². The molecular formula is C21H18ClFN2O3S. The number of aliphatic hydroxyl groups excluding tert-OH is 1. The van der Waals surface area contributed by atoms with Gasteiger partial charge in [0.15, 0.2) is 0 Å². The van der Waals surface area contributed by atoms with Gasteiger partial charge in [0, 0.05) is 6.54 Å². The highest BCUT2D eigenvalue weighted by molar-refractivity contribution is 7.18. The molecule has 2 amide bonds. The van der Waals surface area contributed by atoms with E-state index in [1.165, 1.54) is 6.07 Å². The molecule has 3 N–H and O–H groups in total. The summed E-state index contributed by atoms with van der Waals surface area (Å²) in [6, 6.07) is 14.2. The highest BCUT2D eigenvalue weighted by Crippen LogP contribution is 2.28. The number of carbonyl (C=O) groups is 2. The van der Waals surface area contributed by atoms with E-state index in [4.69, 9.17) is 11.6 Å². The highest BCUT2D eigenvalue weighted by atomic mass is 35.5. The zero-order valence-corrected chi connectivity index (χ0v) is 17.0. The average molecular weight is 433 g/mol. The Morgan fingerprint density at radius 1 is 1.14 bits per heavy atom. The van der Waals surface area contributed by atoms with E-state index in [2.05, 4.69) is 10.6 Å². The van der Waals surface area contributed by atoms with Gasteiger partial charge in [0.05, 0.1) is 26.6 Å². The first-order valence-electron chi connectivity index (χ1n) is 8.73. The normalized spacial score (nSPS) is 11.7. The number of anilines is 1. The predicted octanol–water partition coefficient (Wildman–Crippen LogP) is 4.56. The van der Waals surface area contributed by atoms with E-state index in [1.54, 1.807) is 25.1 Å². The summed E-state index contributed by atoms with van der Waals surface area (Å²) in [7, 11) is 0. The highest BCUT2D eigenvalue weighted by Gasteiger charge is 2.18. The number of hydrogen-bond donors (Lipinski definition) is 3. The first kappa shape index (κ1) is 21.0. The van der Waals surface area contributed by atoms with Crippen LogP contribution in [0.4, 0.5) is 9.39 Å². The van der Waals surface area contributed by atoms with Gasteiger partial charge in [-0.2, -0.15) is 0 Å². The standard InChI is InChI=1S/C21H18ClFN2O3S/c1-12-9-18(25-20(27)15-8-7-14(23)10-16(15)22)29-19(12)21(28)24-11-17(26)13-5-3-2-4-6-13/h2-10,17,26H,11H2,1H3,(H,24,28)(H,25,27). The van der Waals surface area contributed by atoms with E-state index in [0.29, 0.717) is 21.0 Å². The number of thiophene rings is 1. The Labute approximate surface area is 176 Å². The van der Waals surface area contributed by atoms with Crippen molar-refractivity contribution < 1.29 is 19.1 Å². The van der Waals surface area contributed by atoms with Gasteiger partial charge in [-0.15, -0.1) is 11.3 Å². The quantitative estimate of drug-likeness (QED) is 0.534. The minimum atomic E-state index is -0.819. The minimum Gasteiger partial charge on any atom is -0.387 e. The second-order valence-corrected chi connectivity index (χ2v) is 7.80. The molecule has 1 aromatic heterocycles. The van der Waals surface area contributed by atoms with Crippen molar-refractivity contribution in [1.29, 1.82) is 0 Å². The Bertz CT molecular complexity index is 1040. The fourth-order valence-corrected chi connectivity index (χ4v) is 3.92. The molecule has 1 atom stereocenters. The van der Waals surface area contributed by atoms with Crippen LogP contribution in [0.1, 0.15) is 37.3 Å². The van der Waals surface area contributed by atoms with Gasteiger partial charge in [0.1, 0.15) is 5.82 Å². The van der Waals surface area contributed by atoms with E-state index < -0.39 is 17.8 Å². The van der Waals surface area contributed by atoms with Crippen molar-refractivity contribution in [2.45, 2.75) is 13.0 Å². The Morgan fingerprint density at radius 3 is 2.55 bits per heavy atom. The first-order valence-corrected chi connectivity index (χ1v) is 9.92. The molecule has 5 nitrogen and oxygen atoms in total. The van der Waals surface area contributed by atoms with Gasteiger partial charge in [0.25, 0.3) is 11.8 Å². The number of hydrogen-bond acceptors (Lipinski definition) is 4. The maximum atomic E-state index is 13.1. The van der Waals surface area contributed by atoms with Gasteiger partial charge in [-0.1, -0.05) is 41.9 Å². The Hall–Kier alpha value is -2.74. The van der Waals surface area contributed by atoms with E-state index in [1.807, 2.05) is 18.2 Å². The molecule has 0 fully saturated rings. The second-order valence-electron chi connectivity index (χ2n) is 6.34.